The van der Waals surface area contributed by atoms with Crippen molar-refractivity contribution in [3.63, 3.8) is 0 Å². The summed E-state index contributed by atoms with van der Waals surface area (Å²) in [6.07, 6.45) is 6.28. The highest BCUT2D eigenvalue weighted by molar-refractivity contribution is 7.18. The van der Waals surface area contributed by atoms with Crippen molar-refractivity contribution < 1.29 is 4.74 Å². The number of nitrogens with zero attached hydrogens (tertiary/aromatic N) is 3. The SMILES string of the molecule is CCc1ccc(OCCCn2c(CN(C)C)nc3sc4c(c3c2=O)CCCC4)cc1. The fourth-order valence-corrected chi connectivity index (χ4v) is 5.42. The summed E-state index contributed by atoms with van der Waals surface area (Å²) in [4.78, 5) is 22.8. The van der Waals surface area contributed by atoms with Crippen molar-refractivity contribution in [3.8, 4) is 5.75 Å². The molecule has 0 bridgehead atoms. The van der Waals surface area contributed by atoms with Crippen LogP contribution in [0.2, 0.25) is 0 Å². The molecule has 5 nitrogen and oxygen atoms in total. The van der Waals surface area contributed by atoms with E-state index in [1.165, 1.54) is 28.8 Å². The predicted octanol–water partition coefficient (Wildman–Crippen LogP) is 4.43. The lowest BCUT2D eigenvalue weighted by molar-refractivity contribution is 0.297. The fraction of sp³-hybridized carbons (Fsp3) is 0.500. The molecule has 0 amide bonds. The molecule has 0 aliphatic heterocycles. The molecule has 0 atom stereocenters. The van der Waals surface area contributed by atoms with Crippen molar-refractivity contribution in [2.24, 2.45) is 0 Å². The van der Waals surface area contributed by atoms with Crippen molar-refractivity contribution in [2.45, 2.75) is 58.5 Å². The van der Waals surface area contributed by atoms with E-state index in [1.54, 1.807) is 11.3 Å². The second-order valence-corrected chi connectivity index (χ2v) is 9.40. The van der Waals surface area contributed by atoms with Crippen molar-refractivity contribution in [3.05, 3.63) is 56.4 Å². The standard InChI is InChI=1S/C24H31N3O2S/c1-4-17-10-12-18(13-11-17)29-15-7-14-27-21(16-26(2)3)25-23-22(24(27)28)19-8-5-6-9-20(19)30-23/h10-13H,4-9,14-16H2,1-3H3. The number of thiophene rings is 1. The summed E-state index contributed by atoms with van der Waals surface area (Å²) >= 11 is 1.72. The predicted molar refractivity (Wildman–Crippen MR) is 124 cm³/mol. The van der Waals surface area contributed by atoms with Crippen LogP contribution >= 0.6 is 11.3 Å². The normalized spacial score (nSPS) is 13.7. The molecule has 0 unspecified atom stereocenters. The third kappa shape index (κ3) is 4.44. The second-order valence-electron chi connectivity index (χ2n) is 8.31. The Morgan fingerprint density at radius 3 is 2.67 bits per heavy atom. The van der Waals surface area contributed by atoms with E-state index in [2.05, 4.69) is 24.0 Å². The topological polar surface area (TPSA) is 47.4 Å². The van der Waals surface area contributed by atoms with Gasteiger partial charge in [0.2, 0.25) is 0 Å². The van der Waals surface area contributed by atoms with E-state index in [0.29, 0.717) is 19.7 Å². The van der Waals surface area contributed by atoms with Crippen LogP contribution in [-0.4, -0.2) is 35.2 Å². The molecular formula is C24H31N3O2S. The van der Waals surface area contributed by atoms with E-state index >= 15 is 0 Å². The van der Waals surface area contributed by atoms with Gasteiger partial charge in [0.25, 0.3) is 5.56 Å². The summed E-state index contributed by atoms with van der Waals surface area (Å²) in [5.74, 6) is 1.73. The molecule has 6 heteroatoms. The van der Waals surface area contributed by atoms with Crippen LogP contribution in [0, 0.1) is 0 Å². The quantitative estimate of drug-likeness (QED) is 0.501. The number of fused-ring (bicyclic) bond motifs is 3. The maximum atomic E-state index is 13.5. The highest BCUT2D eigenvalue weighted by Gasteiger charge is 2.22. The molecule has 0 fully saturated rings. The molecule has 1 aliphatic rings. The van der Waals surface area contributed by atoms with Crippen LogP contribution in [0.4, 0.5) is 0 Å². The van der Waals surface area contributed by atoms with E-state index in [0.717, 1.165) is 47.5 Å². The summed E-state index contributed by atoms with van der Waals surface area (Å²) in [7, 11) is 4.03. The van der Waals surface area contributed by atoms with Crippen molar-refractivity contribution in [1.82, 2.24) is 14.5 Å². The van der Waals surface area contributed by atoms with Gasteiger partial charge in [0.15, 0.2) is 0 Å². The largest absolute Gasteiger partial charge is 0.494 e. The first-order valence-electron chi connectivity index (χ1n) is 11.0. The molecule has 0 saturated heterocycles. The van der Waals surface area contributed by atoms with E-state index in [4.69, 9.17) is 9.72 Å². The summed E-state index contributed by atoms with van der Waals surface area (Å²) < 4.78 is 7.79. The average molecular weight is 426 g/mol. The van der Waals surface area contributed by atoms with Gasteiger partial charge in [0.05, 0.1) is 18.5 Å². The van der Waals surface area contributed by atoms with Gasteiger partial charge < -0.3 is 9.64 Å². The molecule has 30 heavy (non-hydrogen) atoms. The van der Waals surface area contributed by atoms with Gasteiger partial charge in [0, 0.05) is 11.4 Å². The molecule has 0 spiro atoms. The Morgan fingerprint density at radius 2 is 1.93 bits per heavy atom. The lowest BCUT2D eigenvalue weighted by Crippen LogP contribution is -2.29. The van der Waals surface area contributed by atoms with Crippen molar-refractivity contribution >= 4 is 21.6 Å². The number of rotatable bonds is 8. The number of aryl methyl sites for hydroxylation is 3. The Hall–Kier alpha value is -2.18. The minimum Gasteiger partial charge on any atom is -0.494 e. The second kappa shape index (κ2) is 9.31. The molecule has 1 aromatic carbocycles. The van der Waals surface area contributed by atoms with Crippen molar-refractivity contribution in [2.75, 3.05) is 20.7 Å². The Labute approximate surface area is 182 Å². The minimum atomic E-state index is 0.128. The molecule has 4 rings (SSSR count). The smallest absolute Gasteiger partial charge is 0.262 e. The Morgan fingerprint density at radius 1 is 1.17 bits per heavy atom. The lowest BCUT2D eigenvalue weighted by Gasteiger charge is -2.16. The van der Waals surface area contributed by atoms with E-state index in [-0.39, 0.29) is 5.56 Å². The molecule has 160 valence electrons. The van der Waals surface area contributed by atoms with Crippen LogP contribution in [0.15, 0.2) is 29.1 Å². The molecule has 1 aliphatic carbocycles. The van der Waals surface area contributed by atoms with Crippen LogP contribution in [0.1, 0.15) is 48.0 Å². The summed E-state index contributed by atoms with van der Waals surface area (Å²) in [6.45, 7) is 4.02. The van der Waals surface area contributed by atoms with Crippen LogP contribution in [0.5, 0.6) is 5.75 Å². The Balaban J connectivity index is 1.54. The molecule has 2 heterocycles. The first-order valence-corrected chi connectivity index (χ1v) is 11.8. The van der Waals surface area contributed by atoms with Gasteiger partial charge in [-0.1, -0.05) is 19.1 Å². The van der Waals surface area contributed by atoms with Gasteiger partial charge in [-0.25, -0.2) is 4.98 Å². The molecule has 0 saturated carbocycles. The number of hydrogen-bond acceptors (Lipinski definition) is 5. The maximum Gasteiger partial charge on any atom is 0.262 e. The van der Waals surface area contributed by atoms with Gasteiger partial charge in [-0.15, -0.1) is 11.3 Å². The maximum absolute atomic E-state index is 13.5. The van der Waals surface area contributed by atoms with Crippen LogP contribution in [-0.2, 0) is 32.4 Å². The third-order valence-electron chi connectivity index (χ3n) is 5.74. The van der Waals surface area contributed by atoms with Crippen molar-refractivity contribution in [1.29, 1.82) is 0 Å². The van der Waals surface area contributed by atoms with Gasteiger partial charge in [0.1, 0.15) is 16.4 Å². The van der Waals surface area contributed by atoms with Crippen LogP contribution in [0.3, 0.4) is 0 Å². The first-order chi connectivity index (χ1) is 14.6. The fourth-order valence-electron chi connectivity index (χ4n) is 4.15. The summed E-state index contributed by atoms with van der Waals surface area (Å²) in [5.41, 5.74) is 2.69. The number of aromatic nitrogens is 2. The highest BCUT2D eigenvalue weighted by atomic mass is 32.1. The molecule has 3 aromatic rings. The van der Waals surface area contributed by atoms with E-state index in [9.17, 15) is 4.79 Å². The van der Waals surface area contributed by atoms with Crippen LogP contribution < -0.4 is 10.3 Å². The van der Waals surface area contributed by atoms with Gasteiger partial charge >= 0.3 is 0 Å². The molecular weight excluding hydrogens is 394 g/mol. The molecule has 0 radical (unpaired) electrons. The summed E-state index contributed by atoms with van der Waals surface area (Å²) in [5, 5.41) is 0.869. The average Bonchev–Trinajstić information content (AvgIpc) is 3.11. The third-order valence-corrected chi connectivity index (χ3v) is 6.92. The van der Waals surface area contributed by atoms with Gasteiger partial charge in [-0.2, -0.15) is 0 Å². The Kier molecular flexibility index (Phi) is 6.54. The first kappa shape index (κ1) is 21.1. The Bertz CT molecular complexity index is 1070. The monoisotopic (exact) mass is 425 g/mol. The lowest BCUT2D eigenvalue weighted by atomic mass is 9.97. The van der Waals surface area contributed by atoms with Gasteiger partial charge in [-0.3, -0.25) is 9.36 Å². The van der Waals surface area contributed by atoms with Gasteiger partial charge in [-0.05, 0) is 75.9 Å². The highest BCUT2D eigenvalue weighted by Crippen LogP contribution is 2.33. The number of ether oxygens (including phenoxy) is 1. The van der Waals surface area contributed by atoms with Crippen LogP contribution in [0.25, 0.3) is 10.2 Å². The van der Waals surface area contributed by atoms with E-state index in [1.807, 2.05) is 30.8 Å². The molecule has 0 N–H and O–H groups in total. The zero-order valence-corrected chi connectivity index (χ0v) is 19.1. The zero-order valence-electron chi connectivity index (χ0n) is 18.2. The van der Waals surface area contributed by atoms with E-state index < -0.39 is 0 Å². The molecule has 2 aromatic heterocycles. The zero-order chi connectivity index (χ0) is 21.1. The minimum absolute atomic E-state index is 0.128. The number of hydrogen-bond donors (Lipinski definition) is 0. The number of benzene rings is 1. The summed E-state index contributed by atoms with van der Waals surface area (Å²) in [6, 6.07) is 8.25.